The molecule has 0 heterocycles. The Morgan fingerprint density at radius 3 is 2.46 bits per heavy atom. The monoisotopic (exact) mass is 321 g/mol. The highest BCUT2D eigenvalue weighted by Gasteiger charge is 2.09. The first-order valence-corrected chi connectivity index (χ1v) is 7.84. The summed E-state index contributed by atoms with van der Waals surface area (Å²) in [5.41, 5.74) is 3.41. The molecule has 0 aliphatic carbocycles. The van der Waals surface area contributed by atoms with Gasteiger partial charge in [-0.15, -0.1) is 0 Å². The number of nitrogens with zero attached hydrogens (tertiary/aromatic N) is 3. The largest absolute Gasteiger partial charge is 0.344 e. The minimum Gasteiger partial charge on any atom is -0.344 e. The Kier molecular flexibility index (Phi) is 6.27. The van der Waals surface area contributed by atoms with Gasteiger partial charge in [0.25, 0.3) is 0 Å². The first-order valence-electron chi connectivity index (χ1n) is 7.84. The third-order valence-corrected chi connectivity index (χ3v) is 3.80. The van der Waals surface area contributed by atoms with Gasteiger partial charge in [0, 0.05) is 18.9 Å². The molecule has 0 saturated heterocycles. The average molecular weight is 321 g/mol. The summed E-state index contributed by atoms with van der Waals surface area (Å²) < 4.78 is 14.1. The lowest BCUT2D eigenvalue weighted by Gasteiger charge is -2.19. The Morgan fingerprint density at radius 2 is 1.83 bits per heavy atom. The summed E-state index contributed by atoms with van der Waals surface area (Å²) in [5, 5.41) is 8.82. The van der Waals surface area contributed by atoms with E-state index in [1.54, 1.807) is 17.3 Å². The number of aryl methyl sites for hydroxylation is 2. The Hall–Kier alpha value is -2.93. The molecule has 122 valence electrons. The second-order valence-corrected chi connectivity index (χ2v) is 5.36. The van der Waals surface area contributed by atoms with Gasteiger partial charge in [0.15, 0.2) is 0 Å². The highest BCUT2D eigenvalue weighted by molar-refractivity contribution is 5.52. The number of hydrogen-bond donors (Lipinski definition) is 0. The molecule has 0 saturated carbocycles. The minimum absolute atomic E-state index is 0.257. The summed E-state index contributed by atoms with van der Waals surface area (Å²) in [6.07, 6.45) is 4.91. The van der Waals surface area contributed by atoms with Gasteiger partial charge < -0.3 is 4.90 Å². The third kappa shape index (κ3) is 4.53. The van der Waals surface area contributed by atoms with Crippen molar-refractivity contribution >= 4 is 12.4 Å². The summed E-state index contributed by atoms with van der Waals surface area (Å²) in [6, 6.07) is 14.8. The van der Waals surface area contributed by atoms with Crippen LogP contribution in [0, 0.1) is 17.1 Å². The van der Waals surface area contributed by atoms with E-state index in [1.165, 1.54) is 6.07 Å². The second-order valence-electron chi connectivity index (χ2n) is 5.36. The molecule has 0 aromatic heterocycles. The molecule has 0 atom stereocenters. The van der Waals surface area contributed by atoms with Crippen molar-refractivity contribution in [2.45, 2.75) is 19.8 Å². The van der Waals surface area contributed by atoms with E-state index in [0.717, 1.165) is 24.0 Å². The average Bonchev–Trinajstić information content (AvgIpc) is 2.63. The molecule has 0 aliphatic rings. The number of halogens is 1. The molecule has 0 radical (unpaired) electrons. The van der Waals surface area contributed by atoms with Gasteiger partial charge in [-0.3, -0.25) is 4.99 Å². The van der Waals surface area contributed by atoms with Gasteiger partial charge in [-0.2, -0.15) is 5.26 Å². The normalized spacial score (nSPS) is 10.5. The van der Waals surface area contributed by atoms with Crippen molar-refractivity contribution in [1.29, 1.82) is 5.26 Å². The van der Waals surface area contributed by atoms with E-state index in [0.29, 0.717) is 17.8 Å². The van der Waals surface area contributed by atoms with Crippen LogP contribution in [0.15, 0.2) is 59.9 Å². The number of benzene rings is 2. The molecule has 24 heavy (non-hydrogen) atoms. The maximum absolute atomic E-state index is 14.1. The molecule has 0 fully saturated rings. The van der Waals surface area contributed by atoms with E-state index in [2.05, 4.69) is 17.8 Å². The Morgan fingerprint density at radius 1 is 1.17 bits per heavy atom. The van der Waals surface area contributed by atoms with Crippen molar-refractivity contribution in [3.05, 3.63) is 77.4 Å². The molecular formula is C20H20FN3. The predicted molar refractivity (Wildman–Crippen MR) is 96.7 cm³/mol. The van der Waals surface area contributed by atoms with Crippen molar-refractivity contribution in [1.82, 2.24) is 0 Å². The molecular weight excluding hydrogens is 301 g/mol. The van der Waals surface area contributed by atoms with Gasteiger partial charge in [-0.05, 0) is 61.9 Å². The Labute approximate surface area is 142 Å². The second kappa shape index (κ2) is 8.64. The van der Waals surface area contributed by atoms with Crippen LogP contribution >= 0.6 is 0 Å². The maximum atomic E-state index is 14.1. The van der Waals surface area contributed by atoms with Gasteiger partial charge in [0.2, 0.25) is 0 Å². The van der Waals surface area contributed by atoms with E-state index in [4.69, 9.17) is 5.26 Å². The quantitative estimate of drug-likeness (QED) is 0.705. The van der Waals surface area contributed by atoms with Crippen LogP contribution in [-0.4, -0.2) is 13.3 Å². The van der Waals surface area contributed by atoms with Crippen LogP contribution in [0.25, 0.3) is 0 Å². The molecule has 2 rings (SSSR count). The standard InChI is InChI=1S/C20H20FN3/c1-3-24(13-12-23-2)20-14-17(10-11-19(20)21)7-4-16-5-8-18(15-22)9-6-16/h5-6,8-14H,2-4,7H2,1H3/b13-12-. The van der Waals surface area contributed by atoms with E-state index in [9.17, 15) is 4.39 Å². The van der Waals surface area contributed by atoms with Crippen LogP contribution in [0.5, 0.6) is 0 Å². The number of hydrogen-bond acceptors (Lipinski definition) is 3. The molecule has 4 heteroatoms. The molecule has 0 spiro atoms. The molecule has 3 nitrogen and oxygen atoms in total. The summed E-state index contributed by atoms with van der Waals surface area (Å²) in [7, 11) is 0. The summed E-state index contributed by atoms with van der Waals surface area (Å²) in [5.74, 6) is -0.257. The van der Waals surface area contributed by atoms with Crippen LogP contribution in [0.1, 0.15) is 23.6 Å². The zero-order valence-corrected chi connectivity index (χ0v) is 13.7. The Bertz CT molecular complexity index is 757. The fourth-order valence-electron chi connectivity index (χ4n) is 2.45. The van der Waals surface area contributed by atoms with E-state index in [1.807, 2.05) is 43.3 Å². The third-order valence-electron chi connectivity index (χ3n) is 3.80. The fourth-order valence-corrected chi connectivity index (χ4v) is 2.45. The molecule has 0 bridgehead atoms. The maximum Gasteiger partial charge on any atom is 0.146 e. The molecule has 0 aliphatic heterocycles. The Balaban J connectivity index is 2.13. The lowest BCUT2D eigenvalue weighted by molar-refractivity contribution is 0.624. The first kappa shape index (κ1) is 17.4. The van der Waals surface area contributed by atoms with Gasteiger partial charge in [0.1, 0.15) is 5.82 Å². The first-order chi connectivity index (χ1) is 11.7. The van der Waals surface area contributed by atoms with Crippen LogP contribution in [0.3, 0.4) is 0 Å². The predicted octanol–water partition coefficient (Wildman–Crippen LogP) is 4.48. The minimum atomic E-state index is -0.257. The topological polar surface area (TPSA) is 39.4 Å². The zero-order valence-electron chi connectivity index (χ0n) is 13.7. The van der Waals surface area contributed by atoms with Crippen LogP contribution in [-0.2, 0) is 12.8 Å². The fraction of sp³-hybridized carbons (Fsp3) is 0.200. The number of rotatable bonds is 7. The summed E-state index contributed by atoms with van der Waals surface area (Å²) in [6.45, 7) is 5.99. The number of aliphatic imine (C=N–C) groups is 1. The summed E-state index contributed by atoms with van der Waals surface area (Å²) in [4.78, 5) is 5.47. The van der Waals surface area contributed by atoms with Crippen molar-refractivity contribution < 1.29 is 4.39 Å². The molecule has 2 aromatic carbocycles. The van der Waals surface area contributed by atoms with Gasteiger partial charge in [0.05, 0.1) is 17.3 Å². The van der Waals surface area contributed by atoms with E-state index in [-0.39, 0.29) is 5.82 Å². The lowest BCUT2D eigenvalue weighted by Crippen LogP contribution is -2.16. The molecule has 0 N–H and O–H groups in total. The van der Waals surface area contributed by atoms with Crippen LogP contribution in [0.4, 0.5) is 10.1 Å². The van der Waals surface area contributed by atoms with E-state index < -0.39 is 0 Å². The van der Waals surface area contributed by atoms with Crippen LogP contribution in [0.2, 0.25) is 0 Å². The van der Waals surface area contributed by atoms with Crippen molar-refractivity contribution in [3.63, 3.8) is 0 Å². The number of anilines is 1. The van der Waals surface area contributed by atoms with Crippen LogP contribution < -0.4 is 4.90 Å². The smallest absolute Gasteiger partial charge is 0.146 e. The molecule has 2 aromatic rings. The lowest BCUT2D eigenvalue weighted by atomic mass is 10.0. The van der Waals surface area contributed by atoms with Crippen molar-refractivity contribution in [3.8, 4) is 6.07 Å². The van der Waals surface area contributed by atoms with Gasteiger partial charge in [-0.1, -0.05) is 18.2 Å². The van der Waals surface area contributed by atoms with E-state index >= 15 is 0 Å². The summed E-state index contributed by atoms with van der Waals surface area (Å²) >= 11 is 0. The van der Waals surface area contributed by atoms with Gasteiger partial charge >= 0.3 is 0 Å². The molecule has 0 unspecified atom stereocenters. The van der Waals surface area contributed by atoms with Gasteiger partial charge in [-0.25, -0.2) is 4.39 Å². The molecule has 0 amide bonds. The van der Waals surface area contributed by atoms with Crippen molar-refractivity contribution in [2.75, 3.05) is 11.4 Å². The zero-order chi connectivity index (χ0) is 17.4. The SMILES string of the molecule is C=N/C=C\N(CC)c1cc(CCc2ccc(C#N)cc2)ccc1F. The highest BCUT2D eigenvalue weighted by Crippen LogP contribution is 2.22. The highest BCUT2D eigenvalue weighted by atomic mass is 19.1. The number of nitriles is 1. The van der Waals surface area contributed by atoms with Crippen molar-refractivity contribution in [2.24, 2.45) is 4.99 Å².